The molecule has 1 aliphatic carbocycles. The normalized spacial score (nSPS) is 15.5. The molecule has 770 valence electrons. The third kappa shape index (κ3) is 29.1. The molecule has 0 radical (unpaired) electrons. The zero-order chi connectivity index (χ0) is 105. The van der Waals surface area contributed by atoms with Gasteiger partial charge in [-0.1, -0.05) is 121 Å². The predicted octanol–water partition coefficient (Wildman–Crippen LogP) is 25.0. The van der Waals surface area contributed by atoms with Crippen LogP contribution in [0.4, 0.5) is 66.5 Å². The average Bonchev–Trinajstić information content (AvgIpc) is 1.20. The van der Waals surface area contributed by atoms with Crippen LogP contribution in [0.1, 0.15) is 205 Å². The van der Waals surface area contributed by atoms with Crippen LogP contribution in [-0.4, -0.2) is 194 Å². The number of nitro groups is 1. The summed E-state index contributed by atoms with van der Waals surface area (Å²) in [5, 5.41) is 53.5. The Morgan fingerprint density at radius 2 is 0.899 bits per heavy atom. The molecule has 2 atom stereocenters. The molecule has 0 bridgehead atoms. The van der Waals surface area contributed by atoms with Crippen molar-refractivity contribution in [2.75, 3.05) is 93.6 Å². The molecule has 4 aliphatic rings. The van der Waals surface area contributed by atoms with Gasteiger partial charge < -0.3 is 48.8 Å². The van der Waals surface area contributed by atoms with E-state index in [1.807, 2.05) is 222 Å². The van der Waals surface area contributed by atoms with E-state index in [-0.39, 0.29) is 29.7 Å². The van der Waals surface area contributed by atoms with E-state index in [0.29, 0.717) is 175 Å². The number of aliphatic hydroxyl groups is 1. The minimum absolute atomic E-state index is 0.00662. The van der Waals surface area contributed by atoms with E-state index in [9.17, 15) is 48.8 Å². The molecule has 3 aliphatic heterocycles. The van der Waals surface area contributed by atoms with Gasteiger partial charge in [-0.15, -0.1) is 11.3 Å². The number of benzene rings is 9. The van der Waals surface area contributed by atoms with Crippen LogP contribution in [0.2, 0.25) is 0 Å². The van der Waals surface area contributed by atoms with Crippen LogP contribution >= 0.6 is 22.9 Å². The molecule has 2 aromatic heterocycles. The number of pyridine rings is 1. The number of hydrogen-bond donors (Lipinski definition) is 2. The summed E-state index contributed by atoms with van der Waals surface area (Å²) in [7, 11) is 0. The molecular weight excluding hydrogens is 1910 g/mol. The lowest BCUT2D eigenvalue weighted by Crippen LogP contribution is -2.54. The SMILES string of the molecule is CCc1ccc(N(c2ccc(/C(CC3CCCCC3O)=N/OC(=O)Cl)cc2)c2ccc(C(=O)C(C)(C)N3CCOCC3)cc2-c2ccncc2)cc1.CCc1ccc(N(c2ccc(/C(CCCCC#N)=N/OC(=O)[N+](=O)[O-])cc2)c2ccc(C(=O)C(C)(C)N3CCOCC3)cc2-c2cccs2)cc1.[C-]#[N+]c1ccc(N(c2ccc(C(=O)C(C)(C)N3CCOCC3)cc2)c2ccc(/C(CCCCC(=O)O)=N/OC(C)=O)cc2)cc1. The number of anilines is 9. The van der Waals surface area contributed by atoms with Crippen molar-refractivity contribution in [3.8, 4) is 27.6 Å². The molecule has 5 heterocycles. The third-order valence-corrected chi connectivity index (χ3v) is 28.3. The number of carbonyl (C=O) groups is 7. The van der Waals surface area contributed by atoms with Gasteiger partial charge in [0.15, 0.2) is 23.0 Å². The number of amides is 1. The second kappa shape index (κ2) is 53.2. The Labute approximate surface area is 873 Å². The summed E-state index contributed by atoms with van der Waals surface area (Å²) in [6.45, 7) is 32.5. The number of aryl methyl sites for hydroxylation is 2. The summed E-state index contributed by atoms with van der Waals surface area (Å²) in [6, 6.07) is 76.5. The first-order valence-electron chi connectivity index (χ1n) is 50.1. The van der Waals surface area contributed by atoms with Gasteiger partial charge in [0, 0.05) is 156 Å². The highest BCUT2D eigenvalue weighted by molar-refractivity contribution is 7.13. The number of nitrogens with zero attached hydrogens (tertiary/aromatic N) is 13. The number of Topliss-reactive ketones (excluding diaryl/α,β-unsaturated/α-hetero) is 3. The van der Waals surface area contributed by atoms with Crippen LogP contribution in [0.5, 0.6) is 0 Å². The molecule has 1 amide bonds. The smallest absolute Gasteiger partial charge is 0.481 e. The number of ketones is 3. The molecule has 2 N–H and O–H groups in total. The molecule has 4 fully saturated rings. The lowest BCUT2D eigenvalue weighted by molar-refractivity contribution is -0.396. The highest BCUT2D eigenvalue weighted by Gasteiger charge is 2.41. The number of carboxylic acid groups (broad SMARTS) is 1. The number of aromatic nitrogens is 1. The van der Waals surface area contributed by atoms with Crippen molar-refractivity contribution >= 4 is 138 Å². The number of ether oxygens (including phenoxy) is 3. The summed E-state index contributed by atoms with van der Waals surface area (Å²) in [5.74, 6) is -1.27. The largest absolute Gasteiger partial charge is 0.683 e. The molecule has 11 aromatic rings. The van der Waals surface area contributed by atoms with Gasteiger partial charge in [0.2, 0.25) is 0 Å². The minimum atomic E-state index is -1.67. The van der Waals surface area contributed by atoms with E-state index in [1.54, 1.807) is 35.9 Å². The fourth-order valence-electron chi connectivity index (χ4n) is 18.7. The van der Waals surface area contributed by atoms with Crippen LogP contribution in [0.25, 0.3) is 26.4 Å². The maximum Gasteiger partial charge on any atom is 0.683 e. The Bertz CT molecular complexity index is 6560. The molecule has 0 spiro atoms. The van der Waals surface area contributed by atoms with Crippen molar-refractivity contribution in [1.29, 1.82) is 5.26 Å². The number of aliphatic hydroxyl groups excluding tert-OH is 1. The van der Waals surface area contributed by atoms with Gasteiger partial charge in [0.05, 0.1) is 104 Å². The Balaban J connectivity index is 0.000000186. The lowest BCUT2D eigenvalue weighted by Gasteiger charge is -2.39. The Morgan fingerprint density at radius 1 is 0.514 bits per heavy atom. The van der Waals surface area contributed by atoms with Gasteiger partial charge in [-0.3, -0.25) is 53.8 Å². The number of morpholine rings is 3. The summed E-state index contributed by atoms with van der Waals surface area (Å²) in [5.41, 5.74) is 15.8. The number of oxime groups is 3. The van der Waals surface area contributed by atoms with Crippen molar-refractivity contribution < 1.29 is 77.4 Å². The third-order valence-electron chi connectivity index (χ3n) is 27.3. The van der Waals surface area contributed by atoms with Gasteiger partial charge in [-0.2, -0.15) is 10.1 Å². The van der Waals surface area contributed by atoms with Crippen molar-refractivity contribution in [2.24, 2.45) is 21.4 Å². The first-order chi connectivity index (χ1) is 71.4. The van der Waals surface area contributed by atoms with E-state index in [4.69, 9.17) is 52.4 Å². The van der Waals surface area contributed by atoms with Crippen LogP contribution in [0.15, 0.2) is 264 Å². The van der Waals surface area contributed by atoms with Crippen LogP contribution in [0, 0.1) is 33.9 Å². The van der Waals surface area contributed by atoms with Gasteiger partial charge >= 0.3 is 23.5 Å². The van der Waals surface area contributed by atoms with Gasteiger partial charge in [0.1, 0.15) is 4.92 Å². The number of aliphatic carboxylic acids is 1. The fourth-order valence-corrected chi connectivity index (χ4v) is 19.5. The number of unbranched alkanes of at least 4 members (excludes halogenated alkanes) is 3. The topological polar surface area (TPSA) is 356 Å². The quantitative estimate of drug-likeness (QED) is 0.00528. The number of carboxylic acids is 1. The maximum absolute atomic E-state index is 14.2. The highest BCUT2D eigenvalue weighted by Crippen LogP contribution is 2.47. The van der Waals surface area contributed by atoms with Crippen LogP contribution < -0.4 is 14.7 Å². The Hall–Kier alpha value is -14.5. The number of hydrogen-bond acceptors (Lipinski definition) is 28. The van der Waals surface area contributed by atoms with E-state index in [1.165, 1.54) is 18.1 Å². The fraction of sp³-hybridized carbons (Fsp3) is 0.353. The van der Waals surface area contributed by atoms with Crippen molar-refractivity contribution in [2.45, 2.75) is 181 Å². The summed E-state index contributed by atoms with van der Waals surface area (Å²) in [6.07, 6.45) is 10.7. The average molecular weight is 2040 g/mol. The van der Waals surface area contributed by atoms with E-state index >= 15 is 0 Å². The number of carbonyl (C=O) groups excluding carboxylic acids is 6. The minimum Gasteiger partial charge on any atom is -0.481 e. The molecule has 1 saturated carbocycles. The molecular formula is C116H126ClN13O17S. The monoisotopic (exact) mass is 2040 g/mol. The lowest BCUT2D eigenvalue weighted by atomic mass is 9.82. The summed E-state index contributed by atoms with van der Waals surface area (Å²) < 4.78 is 16.6. The summed E-state index contributed by atoms with van der Waals surface area (Å²) >= 11 is 7.11. The molecule has 30 nitrogen and oxygen atoms in total. The standard InChI is InChI=1S/C42H47ClN4O5.C39H41N5O6S.C35H38N4O6/c1-4-29-9-14-34(15-10-29)47(35-16-11-31(12-17-35)37(45-52-41(43)50)28-32-7-5-6-8-39(32)48)38-18-13-33(27-36(38)30-19-21-44-22-20-30)40(49)42(2,3)46-23-25-51-26-24-46;1-4-28-11-16-31(17-12-28)43(32-18-13-29(14-19-32)34(9-6-5-7-21-40)41-50-38(46)44(47)48)35-20-15-30(27-33(35)36-10-8-26-51-36)37(45)39(2,3)42-22-24-49-25-23-42;1-25(40)45-37-32(7-5-6-8-33(41)42)26-9-15-29(16-10-26)39(31-19-13-28(36-4)14-20-31)30-17-11-27(12-18-30)34(43)35(2,3)38-21-23-44-24-22-38/h9-22,27,32,39,48H,4-8,23-26,28H2,1-3H3;8,10-20,26-27H,4-7,9,22-25H2,1-3H3;9-20H,5-8,21-24H2,1-3H3,(H,41,42)/b45-37+;41-34+;37-32+. The molecule has 148 heavy (non-hydrogen) atoms. The molecule has 9 aromatic carbocycles. The number of thiophene rings is 1. The van der Waals surface area contributed by atoms with E-state index in [2.05, 4.69) is 123 Å². The first-order valence-corrected chi connectivity index (χ1v) is 51.3. The number of rotatable bonds is 39. The van der Waals surface area contributed by atoms with Crippen molar-refractivity contribution in [1.82, 2.24) is 19.7 Å². The Kier molecular flexibility index (Phi) is 39.8. The zero-order valence-electron chi connectivity index (χ0n) is 85.0. The van der Waals surface area contributed by atoms with E-state index < -0.39 is 51.1 Å². The number of halogens is 1. The van der Waals surface area contributed by atoms with Gasteiger partial charge in [0.25, 0.3) is 0 Å². The van der Waals surface area contributed by atoms with Crippen LogP contribution in [-0.2, 0) is 51.2 Å². The second-order valence-electron chi connectivity index (χ2n) is 37.9. The first kappa shape index (κ1) is 111. The predicted molar refractivity (Wildman–Crippen MR) is 577 cm³/mol. The Morgan fingerprint density at radius 3 is 1.31 bits per heavy atom. The van der Waals surface area contributed by atoms with Crippen molar-refractivity contribution in [3.05, 3.63) is 314 Å². The highest BCUT2D eigenvalue weighted by atomic mass is 35.5. The van der Waals surface area contributed by atoms with E-state index in [0.717, 1.165) is 122 Å². The summed E-state index contributed by atoms with van der Waals surface area (Å²) in [4.78, 5) is 133. The molecule has 32 heteroatoms. The molecule has 3 saturated heterocycles. The maximum atomic E-state index is 14.2. The molecule has 2 unspecified atom stereocenters. The molecule has 15 rings (SSSR count). The van der Waals surface area contributed by atoms with Gasteiger partial charge in [-0.05, 0) is 309 Å². The van der Waals surface area contributed by atoms with Gasteiger partial charge in [-0.25, -0.2) is 14.4 Å². The number of nitriles is 1. The van der Waals surface area contributed by atoms with Crippen molar-refractivity contribution in [3.63, 3.8) is 0 Å². The zero-order valence-corrected chi connectivity index (χ0v) is 86.6. The van der Waals surface area contributed by atoms with Crippen LogP contribution in [0.3, 0.4) is 0 Å². The second-order valence-corrected chi connectivity index (χ2v) is 39.2.